The van der Waals surface area contributed by atoms with Crippen LogP contribution >= 0.6 is 0 Å². The number of ketones is 1. The average Bonchev–Trinajstić information content (AvgIpc) is 2.34. The molecule has 1 aliphatic rings. The van der Waals surface area contributed by atoms with Crippen LogP contribution in [0, 0.1) is 0 Å². The predicted octanol–water partition coefficient (Wildman–Crippen LogP) is 2.32. The Kier molecular flexibility index (Phi) is 3.97. The van der Waals surface area contributed by atoms with Crippen molar-refractivity contribution in [3.05, 3.63) is 24.0 Å². The van der Waals surface area contributed by atoms with Gasteiger partial charge in [0.2, 0.25) is 0 Å². The first kappa shape index (κ1) is 13.0. The second-order valence-corrected chi connectivity index (χ2v) is 5.07. The molecule has 4 heteroatoms. The monoisotopic (exact) mass is 248 g/mol. The van der Waals surface area contributed by atoms with Gasteiger partial charge in [-0.05, 0) is 31.7 Å². The molecule has 0 spiro atoms. The molecule has 0 saturated heterocycles. The number of nitrogens with two attached hydrogens (primary N) is 1. The molecule has 1 aromatic rings. The maximum atomic E-state index is 12.1. The van der Waals surface area contributed by atoms with E-state index < -0.39 is 0 Å². The van der Waals surface area contributed by atoms with Gasteiger partial charge in [-0.3, -0.25) is 9.78 Å². The number of rotatable bonds is 6. The fourth-order valence-corrected chi connectivity index (χ4v) is 2.10. The van der Waals surface area contributed by atoms with Crippen molar-refractivity contribution in [3.63, 3.8) is 0 Å². The molecule has 18 heavy (non-hydrogen) atoms. The molecule has 0 atom stereocenters. The van der Waals surface area contributed by atoms with Crippen molar-refractivity contribution in [3.8, 4) is 5.75 Å². The van der Waals surface area contributed by atoms with Crippen LogP contribution in [0.1, 0.15) is 49.4 Å². The zero-order valence-electron chi connectivity index (χ0n) is 10.8. The van der Waals surface area contributed by atoms with Crippen LogP contribution in [0.3, 0.4) is 0 Å². The topological polar surface area (TPSA) is 65.2 Å². The Morgan fingerprint density at radius 2 is 2.28 bits per heavy atom. The van der Waals surface area contributed by atoms with Gasteiger partial charge in [0, 0.05) is 23.7 Å². The fraction of sp³-hybridized carbons (Fsp3) is 0.571. The Labute approximate surface area is 108 Å². The van der Waals surface area contributed by atoms with Gasteiger partial charge in [-0.2, -0.15) is 0 Å². The minimum atomic E-state index is -0.280. The van der Waals surface area contributed by atoms with Gasteiger partial charge in [0.15, 0.2) is 5.78 Å². The van der Waals surface area contributed by atoms with Crippen molar-refractivity contribution in [2.45, 2.75) is 44.6 Å². The molecule has 2 N–H and O–H groups in total. The molecular weight excluding hydrogens is 228 g/mol. The number of ether oxygens (including phenoxy) is 1. The third-order valence-electron chi connectivity index (χ3n) is 3.37. The molecule has 0 radical (unpaired) electrons. The zero-order valence-corrected chi connectivity index (χ0v) is 10.8. The maximum absolute atomic E-state index is 12.1. The minimum absolute atomic E-state index is 0.0617. The summed E-state index contributed by atoms with van der Waals surface area (Å²) in [4.78, 5) is 16.1. The first-order chi connectivity index (χ1) is 8.63. The van der Waals surface area contributed by atoms with E-state index in [9.17, 15) is 4.79 Å². The third kappa shape index (κ3) is 3.07. The molecule has 2 rings (SSSR count). The fourth-order valence-electron chi connectivity index (χ4n) is 2.10. The second kappa shape index (κ2) is 5.48. The summed E-state index contributed by atoms with van der Waals surface area (Å²) in [5, 5.41) is 0. The number of pyridine rings is 1. The van der Waals surface area contributed by atoms with Crippen LogP contribution in [-0.4, -0.2) is 22.9 Å². The van der Waals surface area contributed by atoms with Crippen LogP contribution < -0.4 is 10.5 Å². The van der Waals surface area contributed by atoms with Crippen molar-refractivity contribution in [1.82, 2.24) is 4.98 Å². The quantitative estimate of drug-likeness (QED) is 0.785. The lowest BCUT2D eigenvalue weighted by atomic mass is 9.74. The first-order valence-electron chi connectivity index (χ1n) is 6.53. The molecule has 0 aromatic carbocycles. The number of carbonyl (C=O) groups is 1. The third-order valence-corrected chi connectivity index (χ3v) is 3.37. The molecular formula is C14H20N2O2. The van der Waals surface area contributed by atoms with E-state index in [1.807, 2.05) is 6.92 Å². The maximum Gasteiger partial charge on any atom is 0.166 e. The van der Waals surface area contributed by atoms with Gasteiger partial charge in [0.1, 0.15) is 5.75 Å². The van der Waals surface area contributed by atoms with Crippen molar-refractivity contribution in [1.29, 1.82) is 0 Å². The first-order valence-corrected chi connectivity index (χ1v) is 6.53. The lowest BCUT2D eigenvalue weighted by Crippen LogP contribution is -2.48. The molecule has 4 nitrogen and oxygen atoms in total. The van der Waals surface area contributed by atoms with Crippen molar-refractivity contribution >= 4 is 5.78 Å². The van der Waals surface area contributed by atoms with Gasteiger partial charge in [0.25, 0.3) is 0 Å². The summed E-state index contributed by atoms with van der Waals surface area (Å²) in [6, 6.07) is 1.76. The highest BCUT2D eigenvalue weighted by atomic mass is 16.5. The smallest absolute Gasteiger partial charge is 0.166 e. The number of hydrogen-bond donors (Lipinski definition) is 1. The minimum Gasteiger partial charge on any atom is -0.492 e. The van der Waals surface area contributed by atoms with Gasteiger partial charge < -0.3 is 10.5 Å². The Balaban J connectivity index is 2.00. The number of nitrogens with zero attached hydrogens (tertiary/aromatic N) is 1. The van der Waals surface area contributed by atoms with Gasteiger partial charge >= 0.3 is 0 Å². The van der Waals surface area contributed by atoms with Gasteiger partial charge in [-0.1, -0.05) is 6.92 Å². The van der Waals surface area contributed by atoms with E-state index in [0.717, 1.165) is 25.7 Å². The predicted molar refractivity (Wildman–Crippen MR) is 69.7 cm³/mol. The Bertz CT molecular complexity index is 428. The Morgan fingerprint density at radius 1 is 1.50 bits per heavy atom. The van der Waals surface area contributed by atoms with E-state index in [4.69, 9.17) is 10.5 Å². The molecule has 98 valence electrons. The zero-order chi connectivity index (χ0) is 13.0. The van der Waals surface area contributed by atoms with Crippen LogP contribution in [-0.2, 0) is 0 Å². The summed E-state index contributed by atoms with van der Waals surface area (Å²) in [6.07, 6.45) is 7.57. The summed E-state index contributed by atoms with van der Waals surface area (Å²) in [5.41, 5.74) is 6.40. The molecule has 1 fully saturated rings. The van der Waals surface area contributed by atoms with Crippen LogP contribution in [0.5, 0.6) is 5.75 Å². The normalized spacial score (nSPS) is 17.0. The van der Waals surface area contributed by atoms with E-state index in [0.29, 0.717) is 24.3 Å². The van der Waals surface area contributed by atoms with Crippen LogP contribution in [0.25, 0.3) is 0 Å². The summed E-state index contributed by atoms with van der Waals surface area (Å²) in [5.74, 6) is 0.717. The van der Waals surface area contributed by atoms with E-state index in [1.165, 1.54) is 0 Å². The molecule has 1 heterocycles. The molecule has 0 bridgehead atoms. The highest BCUT2D eigenvalue weighted by Gasteiger charge is 2.34. The van der Waals surface area contributed by atoms with Crippen LogP contribution in [0.15, 0.2) is 18.5 Å². The largest absolute Gasteiger partial charge is 0.492 e. The molecule has 0 aliphatic heterocycles. The summed E-state index contributed by atoms with van der Waals surface area (Å²) in [6.45, 7) is 2.68. The molecule has 0 unspecified atom stereocenters. The molecule has 1 aromatic heterocycles. The molecule has 1 saturated carbocycles. The SMILES string of the molecule is CCCOc1cncc(C(=O)CC2(N)CCC2)c1. The number of hydrogen-bond acceptors (Lipinski definition) is 4. The highest BCUT2D eigenvalue weighted by Crippen LogP contribution is 2.33. The van der Waals surface area contributed by atoms with Gasteiger partial charge in [0.05, 0.1) is 12.8 Å². The van der Waals surface area contributed by atoms with E-state index >= 15 is 0 Å². The second-order valence-electron chi connectivity index (χ2n) is 5.07. The molecule has 1 aliphatic carbocycles. The lowest BCUT2D eigenvalue weighted by molar-refractivity contribution is 0.0911. The Hall–Kier alpha value is -1.42. The average molecular weight is 248 g/mol. The van der Waals surface area contributed by atoms with E-state index in [2.05, 4.69) is 4.98 Å². The Morgan fingerprint density at radius 3 is 2.89 bits per heavy atom. The molecule has 0 amide bonds. The van der Waals surface area contributed by atoms with Crippen molar-refractivity contribution in [2.24, 2.45) is 5.73 Å². The summed E-state index contributed by atoms with van der Waals surface area (Å²) in [7, 11) is 0. The van der Waals surface area contributed by atoms with Crippen molar-refractivity contribution < 1.29 is 9.53 Å². The van der Waals surface area contributed by atoms with E-state index in [1.54, 1.807) is 18.5 Å². The highest BCUT2D eigenvalue weighted by molar-refractivity contribution is 5.96. The lowest BCUT2D eigenvalue weighted by Gasteiger charge is -2.37. The number of carbonyl (C=O) groups excluding carboxylic acids is 1. The summed E-state index contributed by atoms with van der Waals surface area (Å²) < 4.78 is 5.47. The van der Waals surface area contributed by atoms with E-state index in [-0.39, 0.29) is 11.3 Å². The number of aromatic nitrogens is 1. The van der Waals surface area contributed by atoms with Gasteiger partial charge in [-0.25, -0.2) is 0 Å². The van der Waals surface area contributed by atoms with Gasteiger partial charge in [-0.15, -0.1) is 0 Å². The number of Topliss-reactive ketones (excluding diaryl/α,β-unsaturated/α-hetero) is 1. The standard InChI is InChI=1S/C14H20N2O2/c1-2-6-18-12-7-11(9-16-10-12)13(17)8-14(15)4-3-5-14/h7,9-10H,2-6,8,15H2,1H3. The van der Waals surface area contributed by atoms with Crippen molar-refractivity contribution in [2.75, 3.05) is 6.61 Å². The van der Waals surface area contributed by atoms with Crippen LogP contribution in [0.2, 0.25) is 0 Å². The summed E-state index contributed by atoms with van der Waals surface area (Å²) >= 11 is 0. The van der Waals surface area contributed by atoms with Crippen LogP contribution in [0.4, 0.5) is 0 Å².